The number of aromatic nitrogens is 1. The van der Waals surface area contributed by atoms with Gasteiger partial charge in [0.05, 0.1) is 5.56 Å². The number of halogens is 1. The molecule has 0 radical (unpaired) electrons. The number of carbonyl (C=O) groups is 1. The lowest BCUT2D eigenvalue weighted by atomic mass is 10.2. The lowest BCUT2D eigenvalue weighted by Gasteiger charge is -2.16. The van der Waals surface area contributed by atoms with Gasteiger partial charge in [-0.1, -0.05) is 18.2 Å². The van der Waals surface area contributed by atoms with E-state index in [0.717, 1.165) is 12.1 Å². The molecule has 0 atom stereocenters. The van der Waals surface area contributed by atoms with Crippen molar-refractivity contribution in [3.63, 3.8) is 0 Å². The Morgan fingerprint density at radius 2 is 2.06 bits per heavy atom. The summed E-state index contributed by atoms with van der Waals surface area (Å²) in [5, 5.41) is 0. The van der Waals surface area contributed by atoms with Crippen LogP contribution in [0.2, 0.25) is 0 Å². The predicted octanol–water partition coefficient (Wildman–Crippen LogP) is 2.42. The van der Waals surface area contributed by atoms with Crippen LogP contribution >= 0.6 is 0 Å². The standard InChI is InChI=1S/C14H11FN2O/c15-13-6-5-11(9-16-13)14(18)17-8-7-10-3-1-2-4-12(10)17/h1-6,9H,7-8H2. The molecule has 0 fully saturated rings. The Morgan fingerprint density at radius 1 is 1.22 bits per heavy atom. The van der Waals surface area contributed by atoms with Gasteiger partial charge in [0.2, 0.25) is 5.95 Å². The largest absolute Gasteiger partial charge is 0.308 e. The van der Waals surface area contributed by atoms with Crippen LogP contribution < -0.4 is 4.90 Å². The van der Waals surface area contributed by atoms with Crippen LogP contribution in [0.5, 0.6) is 0 Å². The molecule has 0 N–H and O–H groups in total. The van der Waals surface area contributed by atoms with E-state index < -0.39 is 5.95 Å². The molecule has 1 aromatic heterocycles. The number of benzene rings is 1. The summed E-state index contributed by atoms with van der Waals surface area (Å²) in [6, 6.07) is 10.5. The van der Waals surface area contributed by atoms with E-state index in [1.54, 1.807) is 4.90 Å². The first-order valence-electron chi connectivity index (χ1n) is 5.77. The van der Waals surface area contributed by atoms with E-state index in [4.69, 9.17) is 0 Å². The third-order valence-corrected chi connectivity index (χ3v) is 3.11. The van der Waals surface area contributed by atoms with Gasteiger partial charge in [0.25, 0.3) is 5.91 Å². The van der Waals surface area contributed by atoms with E-state index in [1.807, 2.05) is 24.3 Å². The van der Waals surface area contributed by atoms with Gasteiger partial charge in [-0.3, -0.25) is 4.79 Å². The fourth-order valence-electron chi connectivity index (χ4n) is 2.21. The van der Waals surface area contributed by atoms with Crippen molar-refractivity contribution >= 4 is 11.6 Å². The van der Waals surface area contributed by atoms with Crippen LogP contribution in [0, 0.1) is 5.95 Å². The van der Waals surface area contributed by atoms with Gasteiger partial charge in [0.15, 0.2) is 0 Å². The molecule has 1 aliphatic rings. The molecule has 0 saturated heterocycles. The summed E-state index contributed by atoms with van der Waals surface area (Å²) in [5.74, 6) is -0.708. The van der Waals surface area contributed by atoms with Crippen molar-refractivity contribution in [1.29, 1.82) is 0 Å². The molecule has 4 heteroatoms. The topological polar surface area (TPSA) is 33.2 Å². The highest BCUT2D eigenvalue weighted by Gasteiger charge is 2.25. The molecule has 1 aromatic carbocycles. The van der Waals surface area contributed by atoms with Crippen molar-refractivity contribution in [2.75, 3.05) is 11.4 Å². The molecule has 0 unspecified atom stereocenters. The van der Waals surface area contributed by atoms with Gasteiger partial charge in [-0.15, -0.1) is 0 Å². The lowest BCUT2D eigenvalue weighted by Crippen LogP contribution is -2.28. The minimum Gasteiger partial charge on any atom is -0.308 e. The zero-order valence-corrected chi connectivity index (χ0v) is 9.64. The average Bonchev–Trinajstić information content (AvgIpc) is 2.82. The van der Waals surface area contributed by atoms with Gasteiger partial charge in [-0.2, -0.15) is 4.39 Å². The second kappa shape index (κ2) is 4.22. The number of hydrogen-bond donors (Lipinski definition) is 0. The highest BCUT2D eigenvalue weighted by atomic mass is 19.1. The Balaban J connectivity index is 1.93. The van der Waals surface area contributed by atoms with Gasteiger partial charge in [0.1, 0.15) is 0 Å². The maximum atomic E-state index is 12.7. The second-order valence-electron chi connectivity index (χ2n) is 4.21. The van der Waals surface area contributed by atoms with Crippen molar-refractivity contribution < 1.29 is 9.18 Å². The molecule has 3 nitrogen and oxygen atoms in total. The molecular formula is C14H11FN2O. The molecule has 1 amide bonds. The quantitative estimate of drug-likeness (QED) is 0.719. The molecule has 90 valence electrons. The van der Waals surface area contributed by atoms with Gasteiger partial charge < -0.3 is 4.90 Å². The highest BCUT2D eigenvalue weighted by Crippen LogP contribution is 2.28. The first-order chi connectivity index (χ1) is 8.75. The molecule has 3 rings (SSSR count). The fourth-order valence-corrected chi connectivity index (χ4v) is 2.21. The van der Waals surface area contributed by atoms with Crippen molar-refractivity contribution in [2.24, 2.45) is 0 Å². The summed E-state index contributed by atoms with van der Waals surface area (Å²) >= 11 is 0. The summed E-state index contributed by atoms with van der Waals surface area (Å²) in [6.45, 7) is 0.662. The summed E-state index contributed by atoms with van der Waals surface area (Å²) < 4.78 is 12.7. The predicted molar refractivity (Wildman–Crippen MR) is 66.0 cm³/mol. The van der Waals surface area contributed by atoms with Crippen LogP contribution in [0.3, 0.4) is 0 Å². The van der Waals surface area contributed by atoms with Crippen molar-refractivity contribution in [1.82, 2.24) is 4.98 Å². The number of hydrogen-bond acceptors (Lipinski definition) is 2. The molecule has 1 aliphatic heterocycles. The number of anilines is 1. The fraction of sp³-hybridized carbons (Fsp3) is 0.143. The highest BCUT2D eigenvalue weighted by molar-refractivity contribution is 6.07. The number of rotatable bonds is 1. The van der Waals surface area contributed by atoms with Gasteiger partial charge >= 0.3 is 0 Å². The Labute approximate surface area is 104 Å². The Hall–Kier alpha value is -2.23. The smallest absolute Gasteiger partial charge is 0.259 e. The van der Waals surface area contributed by atoms with Crippen molar-refractivity contribution in [2.45, 2.75) is 6.42 Å². The van der Waals surface area contributed by atoms with E-state index in [1.165, 1.54) is 23.9 Å². The molecule has 0 saturated carbocycles. The molecule has 0 aliphatic carbocycles. The maximum Gasteiger partial charge on any atom is 0.259 e. The van der Waals surface area contributed by atoms with E-state index in [2.05, 4.69) is 4.98 Å². The SMILES string of the molecule is O=C(c1ccc(F)nc1)N1CCc2ccccc21. The van der Waals surface area contributed by atoms with Crippen LogP contribution in [0.25, 0.3) is 0 Å². The van der Waals surface area contributed by atoms with Gasteiger partial charge in [-0.25, -0.2) is 4.98 Å². The molecule has 0 spiro atoms. The average molecular weight is 242 g/mol. The van der Waals surface area contributed by atoms with E-state index in [-0.39, 0.29) is 5.91 Å². The van der Waals surface area contributed by atoms with Crippen LogP contribution in [-0.2, 0) is 6.42 Å². The summed E-state index contributed by atoms with van der Waals surface area (Å²) in [6.07, 6.45) is 2.13. The number of nitrogens with zero attached hydrogens (tertiary/aromatic N) is 2. The molecule has 18 heavy (non-hydrogen) atoms. The molecular weight excluding hydrogens is 231 g/mol. The van der Waals surface area contributed by atoms with E-state index >= 15 is 0 Å². The molecule has 0 bridgehead atoms. The van der Waals surface area contributed by atoms with Crippen LogP contribution in [0.1, 0.15) is 15.9 Å². The normalized spacial score (nSPS) is 13.5. The van der Waals surface area contributed by atoms with Crippen LogP contribution in [-0.4, -0.2) is 17.4 Å². The first-order valence-corrected chi connectivity index (χ1v) is 5.77. The van der Waals surface area contributed by atoms with Crippen LogP contribution in [0.4, 0.5) is 10.1 Å². The minimum absolute atomic E-state index is 0.132. The van der Waals surface area contributed by atoms with Crippen molar-refractivity contribution in [3.8, 4) is 0 Å². The number of amides is 1. The zero-order chi connectivity index (χ0) is 12.5. The number of para-hydroxylation sites is 1. The maximum absolute atomic E-state index is 12.7. The monoisotopic (exact) mass is 242 g/mol. The third-order valence-electron chi connectivity index (χ3n) is 3.11. The summed E-state index contributed by atoms with van der Waals surface area (Å²) in [5.41, 5.74) is 2.51. The van der Waals surface area contributed by atoms with E-state index in [9.17, 15) is 9.18 Å². The Morgan fingerprint density at radius 3 is 2.83 bits per heavy atom. The van der Waals surface area contributed by atoms with Gasteiger partial charge in [0, 0.05) is 18.4 Å². The van der Waals surface area contributed by atoms with Gasteiger partial charge in [-0.05, 0) is 30.2 Å². The van der Waals surface area contributed by atoms with Crippen molar-refractivity contribution in [3.05, 3.63) is 59.7 Å². The number of carbonyl (C=O) groups excluding carboxylic acids is 1. The third kappa shape index (κ3) is 1.76. The van der Waals surface area contributed by atoms with Crippen LogP contribution in [0.15, 0.2) is 42.6 Å². The molecule has 2 heterocycles. The number of pyridine rings is 1. The van der Waals surface area contributed by atoms with E-state index in [0.29, 0.717) is 12.1 Å². The molecule has 2 aromatic rings. The Kier molecular flexibility index (Phi) is 2.55. The Bertz CT molecular complexity index is 595. The first kappa shape index (κ1) is 10.9. The summed E-state index contributed by atoms with van der Waals surface area (Å²) in [4.78, 5) is 17.5. The lowest BCUT2D eigenvalue weighted by molar-refractivity contribution is 0.0989. The minimum atomic E-state index is -0.576. The summed E-state index contributed by atoms with van der Waals surface area (Å²) in [7, 11) is 0. The zero-order valence-electron chi connectivity index (χ0n) is 9.64. The second-order valence-corrected chi connectivity index (χ2v) is 4.21. The number of fused-ring (bicyclic) bond motifs is 1.